The van der Waals surface area contributed by atoms with Crippen molar-refractivity contribution in [3.8, 4) is 5.69 Å². The van der Waals surface area contributed by atoms with Crippen LogP contribution in [0.4, 0.5) is 0 Å². The predicted octanol–water partition coefficient (Wildman–Crippen LogP) is 4.53. The Labute approximate surface area is 193 Å². The van der Waals surface area contributed by atoms with Gasteiger partial charge >= 0.3 is 0 Å². The molecule has 0 fully saturated rings. The Hall–Kier alpha value is -2.64. The summed E-state index contributed by atoms with van der Waals surface area (Å²) in [6.07, 6.45) is 0.945. The Morgan fingerprint density at radius 2 is 1.81 bits per heavy atom. The topological polar surface area (TPSA) is 73.2 Å². The number of para-hydroxylation sites is 2. The lowest BCUT2D eigenvalue weighted by molar-refractivity contribution is -0.118. The molecule has 170 valence electrons. The predicted molar refractivity (Wildman–Crippen MR) is 131 cm³/mol. The molecule has 7 heteroatoms. The summed E-state index contributed by atoms with van der Waals surface area (Å²) in [5, 5.41) is 3.99. The van der Waals surface area contributed by atoms with Crippen LogP contribution < -0.4 is 10.9 Å². The molecule has 0 bridgehead atoms. The van der Waals surface area contributed by atoms with Crippen molar-refractivity contribution in [2.45, 2.75) is 51.3 Å². The van der Waals surface area contributed by atoms with Crippen molar-refractivity contribution >= 4 is 28.6 Å². The maximum atomic E-state index is 13.5. The fraction of sp³-hybridized carbons (Fsp3) is 0.400. The summed E-state index contributed by atoms with van der Waals surface area (Å²) in [5.74, 6) is 0.323. The first-order valence-electron chi connectivity index (χ1n) is 11.0. The van der Waals surface area contributed by atoms with E-state index in [9.17, 15) is 9.59 Å². The fourth-order valence-corrected chi connectivity index (χ4v) is 4.24. The van der Waals surface area contributed by atoms with Gasteiger partial charge in [0.25, 0.3) is 5.56 Å². The number of carbonyl (C=O) groups excluding carboxylic acids is 1. The number of nitrogens with one attached hydrogen (secondary N) is 1. The normalized spacial score (nSPS) is 11.4. The molecule has 0 aliphatic rings. The van der Waals surface area contributed by atoms with E-state index in [1.54, 1.807) is 10.6 Å². The second-order valence-electron chi connectivity index (χ2n) is 8.18. The second-order valence-corrected chi connectivity index (χ2v) is 9.12. The van der Waals surface area contributed by atoms with Gasteiger partial charge in [-0.25, -0.2) is 4.98 Å². The van der Waals surface area contributed by atoms with Crippen molar-refractivity contribution in [3.05, 3.63) is 64.4 Å². The molecule has 0 aliphatic heterocycles. The molecule has 0 spiro atoms. The average Bonchev–Trinajstić information content (AvgIpc) is 2.77. The van der Waals surface area contributed by atoms with E-state index in [0.717, 1.165) is 17.7 Å². The summed E-state index contributed by atoms with van der Waals surface area (Å²) < 4.78 is 7.14. The maximum absolute atomic E-state index is 13.5. The van der Waals surface area contributed by atoms with Crippen LogP contribution in [0.2, 0.25) is 0 Å². The number of amides is 1. The van der Waals surface area contributed by atoms with E-state index in [-0.39, 0.29) is 29.2 Å². The zero-order valence-electron chi connectivity index (χ0n) is 19.1. The monoisotopic (exact) mass is 453 g/mol. The third kappa shape index (κ3) is 5.99. The van der Waals surface area contributed by atoms with Crippen LogP contribution in [0, 0.1) is 0 Å². The SMILES string of the molecule is CC(C)OCCCNC(=O)CSc1nc2ccccc2c(=O)n1-c1ccccc1C(C)C. The Balaban J connectivity index is 1.86. The highest BCUT2D eigenvalue weighted by atomic mass is 32.2. The van der Waals surface area contributed by atoms with Gasteiger partial charge in [0.05, 0.1) is 28.4 Å². The van der Waals surface area contributed by atoms with E-state index >= 15 is 0 Å². The minimum absolute atomic E-state index is 0.0920. The van der Waals surface area contributed by atoms with Gasteiger partial charge in [-0.15, -0.1) is 0 Å². The van der Waals surface area contributed by atoms with Crippen molar-refractivity contribution in [2.75, 3.05) is 18.9 Å². The quantitative estimate of drug-likeness (QED) is 0.277. The lowest BCUT2D eigenvalue weighted by Crippen LogP contribution is -2.28. The van der Waals surface area contributed by atoms with E-state index in [1.807, 2.05) is 56.3 Å². The number of fused-ring (bicyclic) bond motifs is 1. The molecule has 3 aromatic rings. The van der Waals surface area contributed by atoms with Crippen molar-refractivity contribution in [2.24, 2.45) is 0 Å². The summed E-state index contributed by atoms with van der Waals surface area (Å²) >= 11 is 1.28. The number of nitrogens with zero attached hydrogens (tertiary/aromatic N) is 2. The molecule has 1 N–H and O–H groups in total. The zero-order chi connectivity index (χ0) is 23.1. The standard InChI is InChI=1S/C25H31N3O3S/c1-17(2)19-10-6-8-13-22(19)28-24(30)20-11-5-7-12-21(20)27-25(28)32-16-23(29)26-14-9-15-31-18(3)4/h5-8,10-13,17-18H,9,14-16H2,1-4H3,(H,26,29). The Morgan fingerprint density at radius 1 is 1.09 bits per heavy atom. The van der Waals surface area contributed by atoms with Crippen LogP contribution in [0.5, 0.6) is 0 Å². The van der Waals surface area contributed by atoms with Gasteiger partial charge in [0.15, 0.2) is 5.16 Å². The van der Waals surface area contributed by atoms with E-state index in [2.05, 4.69) is 19.2 Å². The summed E-state index contributed by atoms with van der Waals surface area (Å²) in [6, 6.07) is 15.2. The number of hydrogen-bond donors (Lipinski definition) is 1. The van der Waals surface area contributed by atoms with Gasteiger partial charge < -0.3 is 10.1 Å². The minimum atomic E-state index is -0.127. The number of aromatic nitrogens is 2. The van der Waals surface area contributed by atoms with Crippen LogP contribution in [0.15, 0.2) is 58.5 Å². The minimum Gasteiger partial charge on any atom is -0.379 e. The molecule has 0 saturated carbocycles. The highest BCUT2D eigenvalue weighted by molar-refractivity contribution is 7.99. The summed E-state index contributed by atoms with van der Waals surface area (Å²) in [5.41, 5.74) is 2.37. The molecule has 3 rings (SSSR count). The highest BCUT2D eigenvalue weighted by Crippen LogP contribution is 2.27. The molecule has 0 saturated heterocycles. The summed E-state index contributed by atoms with van der Waals surface area (Å²) in [7, 11) is 0. The van der Waals surface area contributed by atoms with Gasteiger partial charge in [0, 0.05) is 13.2 Å². The molecule has 0 aliphatic carbocycles. The maximum Gasteiger partial charge on any atom is 0.266 e. The second kappa shape index (κ2) is 11.3. The molecule has 32 heavy (non-hydrogen) atoms. The third-order valence-electron chi connectivity index (χ3n) is 4.97. The highest BCUT2D eigenvalue weighted by Gasteiger charge is 2.17. The van der Waals surface area contributed by atoms with E-state index in [1.165, 1.54) is 11.8 Å². The molecule has 0 unspecified atom stereocenters. The van der Waals surface area contributed by atoms with Gasteiger partial charge in [-0.05, 0) is 49.9 Å². The molecule has 0 radical (unpaired) electrons. The van der Waals surface area contributed by atoms with E-state index in [0.29, 0.717) is 29.2 Å². The van der Waals surface area contributed by atoms with Crippen LogP contribution in [0.1, 0.15) is 45.6 Å². The van der Waals surface area contributed by atoms with E-state index in [4.69, 9.17) is 9.72 Å². The van der Waals surface area contributed by atoms with Crippen molar-refractivity contribution in [1.82, 2.24) is 14.9 Å². The average molecular weight is 454 g/mol. The van der Waals surface area contributed by atoms with Crippen molar-refractivity contribution in [3.63, 3.8) is 0 Å². The zero-order valence-corrected chi connectivity index (χ0v) is 19.9. The Kier molecular flexibility index (Phi) is 8.47. The van der Waals surface area contributed by atoms with Crippen LogP contribution in [-0.4, -0.2) is 40.5 Å². The molecular weight excluding hydrogens is 422 g/mol. The van der Waals surface area contributed by atoms with Crippen LogP contribution in [0.3, 0.4) is 0 Å². The van der Waals surface area contributed by atoms with Crippen molar-refractivity contribution in [1.29, 1.82) is 0 Å². The number of rotatable bonds is 10. The fourth-order valence-electron chi connectivity index (χ4n) is 3.40. The number of ether oxygens (including phenoxy) is 1. The molecule has 2 aromatic carbocycles. The molecular formula is C25H31N3O3S. The lowest BCUT2D eigenvalue weighted by atomic mass is 10.0. The third-order valence-corrected chi connectivity index (χ3v) is 5.91. The lowest BCUT2D eigenvalue weighted by Gasteiger charge is -2.18. The first kappa shape index (κ1) is 24.0. The number of hydrogen-bond acceptors (Lipinski definition) is 5. The van der Waals surface area contributed by atoms with Crippen LogP contribution in [-0.2, 0) is 9.53 Å². The molecule has 1 heterocycles. The Morgan fingerprint density at radius 3 is 2.56 bits per heavy atom. The first-order chi connectivity index (χ1) is 15.4. The van der Waals surface area contributed by atoms with Gasteiger partial charge in [0.1, 0.15) is 0 Å². The summed E-state index contributed by atoms with van der Waals surface area (Å²) in [4.78, 5) is 30.6. The van der Waals surface area contributed by atoms with Crippen LogP contribution >= 0.6 is 11.8 Å². The van der Waals surface area contributed by atoms with Gasteiger partial charge in [0.2, 0.25) is 5.91 Å². The molecule has 1 amide bonds. The van der Waals surface area contributed by atoms with Gasteiger partial charge in [-0.2, -0.15) is 0 Å². The van der Waals surface area contributed by atoms with Gasteiger partial charge in [-0.1, -0.05) is 55.9 Å². The smallest absolute Gasteiger partial charge is 0.266 e. The molecule has 1 aromatic heterocycles. The summed E-state index contributed by atoms with van der Waals surface area (Å²) in [6.45, 7) is 9.35. The number of carbonyl (C=O) groups is 1. The van der Waals surface area contributed by atoms with Crippen LogP contribution in [0.25, 0.3) is 16.6 Å². The first-order valence-corrected chi connectivity index (χ1v) is 12.0. The Bertz CT molecular complexity index is 1120. The number of thioether (sulfide) groups is 1. The largest absolute Gasteiger partial charge is 0.379 e. The van der Waals surface area contributed by atoms with Gasteiger partial charge in [-0.3, -0.25) is 14.2 Å². The molecule has 0 atom stereocenters. The number of benzene rings is 2. The van der Waals surface area contributed by atoms with E-state index < -0.39 is 0 Å². The molecule has 6 nitrogen and oxygen atoms in total. The van der Waals surface area contributed by atoms with Crippen molar-refractivity contribution < 1.29 is 9.53 Å².